The minimum atomic E-state index is 0.206. The van der Waals surface area contributed by atoms with Crippen LogP contribution < -0.4 is 5.32 Å². The number of carbonyl (C=O) groups excluding carboxylic acids is 1. The zero-order chi connectivity index (χ0) is 15.7. The lowest BCUT2D eigenvalue weighted by molar-refractivity contribution is 0.0762. The van der Waals surface area contributed by atoms with Crippen molar-refractivity contribution in [2.75, 3.05) is 26.2 Å². The Balaban J connectivity index is 1.69. The molecule has 0 aliphatic carbocycles. The second-order valence-electron chi connectivity index (χ2n) is 7.17. The number of aromatic nitrogens is 1. The monoisotopic (exact) mass is 321 g/mol. The second kappa shape index (κ2) is 6.67. The van der Waals surface area contributed by atoms with Gasteiger partial charge < -0.3 is 10.2 Å². The predicted molar refractivity (Wildman–Crippen MR) is 90.4 cm³/mol. The van der Waals surface area contributed by atoms with E-state index in [0.29, 0.717) is 5.92 Å². The standard InChI is InChI=1S/C17H27N3OS/c1-11(2)8-15-19-12(3)16(22-15)17(21)20-6-4-13-9-18-10-14(13)5-7-20/h11,13-14,18H,4-10H2,1-3H3/t13-,14+. The van der Waals surface area contributed by atoms with Gasteiger partial charge in [0.15, 0.2) is 0 Å². The molecule has 3 heterocycles. The molecule has 1 amide bonds. The van der Waals surface area contributed by atoms with Gasteiger partial charge in [0.05, 0.1) is 10.7 Å². The summed E-state index contributed by atoms with van der Waals surface area (Å²) in [5.41, 5.74) is 0.914. The summed E-state index contributed by atoms with van der Waals surface area (Å²) in [5, 5.41) is 4.59. The number of aryl methyl sites for hydroxylation is 1. The number of carbonyl (C=O) groups is 1. The fourth-order valence-corrected chi connectivity index (χ4v) is 4.90. The van der Waals surface area contributed by atoms with Crippen LogP contribution in [-0.4, -0.2) is 42.0 Å². The highest BCUT2D eigenvalue weighted by atomic mass is 32.1. The normalized spacial score (nSPS) is 25.4. The number of hydrogen-bond donors (Lipinski definition) is 1. The largest absolute Gasteiger partial charge is 0.338 e. The molecule has 3 rings (SSSR count). The molecule has 0 bridgehead atoms. The highest BCUT2D eigenvalue weighted by molar-refractivity contribution is 7.13. The van der Waals surface area contributed by atoms with Crippen LogP contribution in [0.1, 0.15) is 47.1 Å². The van der Waals surface area contributed by atoms with Crippen LogP contribution in [-0.2, 0) is 6.42 Å². The van der Waals surface area contributed by atoms with E-state index in [-0.39, 0.29) is 5.91 Å². The van der Waals surface area contributed by atoms with Crippen LogP contribution in [0.15, 0.2) is 0 Å². The quantitative estimate of drug-likeness (QED) is 0.931. The van der Waals surface area contributed by atoms with Crippen LogP contribution in [0.25, 0.3) is 0 Å². The lowest BCUT2D eigenvalue weighted by Gasteiger charge is -2.20. The zero-order valence-electron chi connectivity index (χ0n) is 13.9. The van der Waals surface area contributed by atoms with E-state index in [1.165, 1.54) is 0 Å². The van der Waals surface area contributed by atoms with Crippen molar-refractivity contribution in [1.29, 1.82) is 0 Å². The molecule has 1 aromatic heterocycles. The lowest BCUT2D eigenvalue weighted by atomic mass is 9.92. The molecule has 1 aromatic rings. The molecule has 0 saturated carbocycles. The molecule has 2 atom stereocenters. The summed E-state index contributed by atoms with van der Waals surface area (Å²) < 4.78 is 0. The molecule has 5 heteroatoms. The highest BCUT2D eigenvalue weighted by Crippen LogP contribution is 2.29. The van der Waals surface area contributed by atoms with E-state index in [9.17, 15) is 4.79 Å². The number of thiazole rings is 1. The minimum Gasteiger partial charge on any atom is -0.338 e. The van der Waals surface area contributed by atoms with Crippen molar-refractivity contribution in [3.63, 3.8) is 0 Å². The molecule has 0 unspecified atom stereocenters. The summed E-state index contributed by atoms with van der Waals surface area (Å²) in [4.78, 5) is 20.4. The Morgan fingerprint density at radius 1 is 1.32 bits per heavy atom. The van der Waals surface area contributed by atoms with Gasteiger partial charge in [0, 0.05) is 19.5 Å². The Hall–Kier alpha value is -0.940. The van der Waals surface area contributed by atoms with E-state index in [1.807, 2.05) is 6.92 Å². The average Bonchev–Trinajstić information content (AvgIpc) is 2.99. The van der Waals surface area contributed by atoms with Gasteiger partial charge in [-0.2, -0.15) is 0 Å². The third-order valence-electron chi connectivity index (χ3n) is 4.92. The fraction of sp³-hybridized carbons (Fsp3) is 0.765. The Kier molecular flexibility index (Phi) is 4.83. The SMILES string of the molecule is Cc1nc(CC(C)C)sc1C(=O)N1CC[C@@H]2CNC[C@@H]2CC1. The first-order chi connectivity index (χ1) is 10.5. The Morgan fingerprint density at radius 2 is 1.95 bits per heavy atom. The van der Waals surface area contributed by atoms with Gasteiger partial charge in [0.2, 0.25) is 0 Å². The fourth-order valence-electron chi connectivity index (χ4n) is 3.65. The first kappa shape index (κ1) is 15.9. The number of nitrogens with one attached hydrogen (secondary N) is 1. The van der Waals surface area contributed by atoms with Gasteiger partial charge in [-0.25, -0.2) is 4.98 Å². The van der Waals surface area contributed by atoms with Crippen molar-refractivity contribution in [1.82, 2.24) is 15.2 Å². The van der Waals surface area contributed by atoms with Crippen LogP contribution in [0.5, 0.6) is 0 Å². The average molecular weight is 321 g/mol. The van der Waals surface area contributed by atoms with Crippen molar-refractivity contribution in [3.05, 3.63) is 15.6 Å². The third kappa shape index (κ3) is 3.35. The Bertz CT molecular complexity index is 526. The molecule has 2 aliphatic rings. The van der Waals surface area contributed by atoms with Crippen molar-refractivity contribution in [2.45, 2.75) is 40.0 Å². The van der Waals surface area contributed by atoms with E-state index in [0.717, 1.165) is 72.9 Å². The van der Waals surface area contributed by atoms with E-state index in [4.69, 9.17) is 0 Å². The van der Waals surface area contributed by atoms with Gasteiger partial charge in [-0.15, -0.1) is 11.3 Å². The third-order valence-corrected chi connectivity index (χ3v) is 6.09. The number of amides is 1. The molecule has 2 fully saturated rings. The molecular formula is C17H27N3OS. The summed E-state index contributed by atoms with van der Waals surface area (Å²) in [5.74, 6) is 2.31. The van der Waals surface area contributed by atoms with E-state index >= 15 is 0 Å². The molecule has 1 N–H and O–H groups in total. The maximum atomic E-state index is 12.9. The van der Waals surface area contributed by atoms with Gasteiger partial charge in [0.25, 0.3) is 5.91 Å². The number of nitrogens with zero attached hydrogens (tertiary/aromatic N) is 2. The topological polar surface area (TPSA) is 45.2 Å². The van der Waals surface area contributed by atoms with E-state index in [1.54, 1.807) is 11.3 Å². The lowest BCUT2D eigenvalue weighted by Crippen LogP contribution is -2.32. The van der Waals surface area contributed by atoms with Gasteiger partial charge >= 0.3 is 0 Å². The summed E-state index contributed by atoms with van der Waals surface area (Å²) >= 11 is 1.60. The zero-order valence-corrected chi connectivity index (χ0v) is 14.7. The van der Waals surface area contributed by atoms with Crippen LogP contribution >= 0.6 is 11.3 Å². The number of rotatable bonds is 3. The molecule has 2 aliphatic heterocycles. The summed E-state index contributed by atoms with van der Waals surface area (Å²) in [6.07, 6.45) is 3.24. The maximum absolute atomic E-state index is 12.9. The van der Waals surface area contributed by atoms with Gasteiger partial charge in [0.1, 0.15) is 4.88 Å². The molecule has 122 valence electrons. The smallest absolute Gasteiger partial charge is 0.265 e. The molecular weight excluding hydrogens is 294 g/mol. The van der Waals surface area contributed by atoms with Crippen LogP contribution in [0.4, 0.5) is 0 Å². The minimum absolute atomic E-state index is 0.206. The van der Waals surface area contributed by atoms with Gasteiger partial charge in [-0.05, 0) is 50.6 Å². The highest BCUT2D eigenvalue weighted by Gasteiger charge is 2.32. The molecule has 0 spiro atoms. The molecule has 2 saturated heterocycles. The van der Waals surface area contributed by atoms with Crippen LogP contribution in [0.2, 0.25) is 0 Å². The van der Waals surface area contributed by atoms with Crippen LogP contribution in [0, 0.1) is 24.7 Å². The number of hydrogen-bond acceptors (Lipinski definition) is 4. The van der Waals surface area contributed by atoms with Crippen molar-refractivity contribution < 1.29 is 4.79 Å². The molecule has 0 radical (unpaired) electrons. The van der Waals surface area contributed by atoms with E-state index in [2.05, 4.69) is 29.0 Å². The van der Waals surface area contributed by atoms with E-state index < -0.39 is 0 Å². The Morgan fingerprint density at radius 3 is 2.55 bits per heavy atom. The second-order valence-corrected chi connectivity index (χ2v) is 8.25. The first-order valence-corrected chi connectivity index (χ1v) is 9.32. The first-order valence-electron chi connectivity index (χ1n) is 8.51. The molecule has 0 aromatic carbocycles. The summed E-state index contributed by atoms with van der Waals surface area (Å²) in [7, 11) is 0. The maximum Gasteiger partial charge on any atom is 0.265 e. The van der Waals surface area contributed by atoms with Crippen molar-refractivity contribution >= 4 is 17.2 Å². The summed E-state index contributed by atoms with van der Waals surface area (Å²) in [6.45, 7) is 10.4. The van der Waals surface area contributed by atoms with Crippen LogP contribution in [0.3, 0.4) is 0 Å². The van der Waals surface area contributed by atoms with Crippen molar-refractivity contribution in [2.24, 2.45) is 17.8 Å². The number of fused-ring (bicyclic) bond motifs is 1. The van der Waals surface area contributed by atoms with Gasteiger partial charge in [-0.3, -0.25) is 4.79 Å². The van der Waals surface area contributed by atoms with Gasteiger partial charge in [-0.1, -0.05) is 13.8 Å². The molecule has 22 heavy (non-hydrogen) atoms. The van der Waals surface area contributed by atoms with Crippen molar-refractivity contribution in [3.8, 4) is 0 Å². The molecule has 4 nitrogen and oxygen atoms in total. The Labute approximate surface area is 137 Å². The number of likely N-dealkylation sites (tertiary alicyclic amines) is 1. The predicted octanol–water partition coefficient (Wildman–Crippen LogP) is 2.72. The summed E-state index contributed by atoms with van der Waals surface area (Å²) in [6, 6.07) is 0.